The van der Waals surface area contributed by atoms with Gasteiger partial charge in [-0.15, -0.1) is 0 Å². The van der Waals surface area contributed by atoms with E-state index in [1.165, 1.54) is 7.11 Å². The van der Waals surface area contributed by atoms with E-state index < -0.39 is 10.8 Å². The number of methoxy groups -OCH3 is 1. The molecule has 0 saturated carbocycles. The lowest BCUT2D eigenvalue weighted by Crippen LogP contribution is -2.26. The lowest BCUT2D eigenvalue weighted by atomic mass is 10.1. The highest BCUT2D eigenvalue weighted by molar-refractivity contribution is 9.12. The minimum Gasteiger partial charge on any atom is -0.465 e. The third-order valence-electron chi connectivity index (χ3n) is 3.18. The molecule has 0 aliphatic carbocycles. The molecule has 120 valence electrons. The number of amides is 1. The van der Waals surface area contributed by atoms with Crippen LogP contribution in [0.3, 0.4) is 0 Å². The molecule has 2 rings (SSSR count). The van der Waals surface area contributed by atoms with Gasteiger partial charge in [-0.2, -0.15) is 0 Å². The van der Waals surface area contributed by atoms with Gasteiger partial charge in [0.1, 0.15) is 4.83 Å². The number of hydrogen-bond donors (Lipinski definition) is 1. The van der Waals surface area contributed by atoms with Gasteiger partial charge in [0.15, 0.2) is 0 Å². The predicted octanol–water partition coefficient (Wildman–Crippen LogP) is 4.31. The maximum Gasteiger partial charge on any atom is 0.337 e. The van der Waals surface area contributed by atoms with Crippen molar-refractivity contribution < 1.29 is 14.3 Å². The first-order chi connectivity index (χ1) is 11.0. The fourth-order valence-corrected chi connectivity index (χ4v) is 2.96. The molecule has 1 amide bonds. The zero-order valence-corrected chi connectivity index (χ0v) is 15.5. The SMILES string of the molecule is COC(=O)c1cccc(NC(=O)C(Br)C(Br)c2ccccc2)c1. The lowest BCUT2D eigenvalue weighted by molar-refractivity contribution is -0.115. The van der Waals surface area contributed by atoms with Gasteiger partial charge < -0.3 is 10.1 Å². The average Bonchev–Trinajstić information content (AvgIpc) is 2.60. The number of halogens is 2. The smallest absolute Gasteiger partial charge is 0.337 e. The first-order valence-corrected chi connectivity index (χ1v) is 8.68. The highest BCUT2D eigenvalue weighted by atomic mass is 79.9. The van der Waals surface area contributed by atoms with Crippen LogP contribution in [0.15, 0.2) is 54.6 Å². The average molecular weight is 441 g/mol. The summed E-state index contributed by atoms with van der Waals surface area (Å²) >= 11 is 6.95. The topological polar surface area (TPSA) is 55.4 Å². The van der Waals surface area contributed by atoms with Gasteiger partial charge in [0.05, 0.1) is 17.5 Å². The van der Waals surface area contributed by atoms with E-state index in [1.54, 1.807) is 24.3 Å². The van der Waals surface area contributed by atoms with Gasteiger partial charge in [-0.3, -0.25) is 4.79 Å². The second-order valence-corrected chi connectivity index (χ2v) is 6.75. The number of rotatable bonds is 5. The molecule has 2 atom stereocenters. The molecule has 0 aliphatic rings. The van der Waals surface area contributed by atoms with Crippen LogP contribution in [0.4, 0.5) is 5.69 Å². The van der Waals surface area contributed by atoms with Crippen molar-refractivity contribution in [1.82, 2.24) is 0 Å². The number of alkyl halides is 2. The van der Waals surface area contributed by atoms with Crippen LogP contribution in [-0.4, -0.2) is 23.8 Å². The second-order valence-electron chi connectivity index (χ2n) is 4.78. The summed E-state index contributed by atoms with van der Waals surface area (Å²) in [6.45, 7) is 0. The lowest BCUT2D eigenvalue weighted by Gasteiger charge is -2.17. The Hall–Kier alpha value is -1.66. The van der Waals surface area contributed by atoms with E-state index in [9.17, 15) is 9.59 Å². The van der Waals surface area contributed by atoms with Crippen LogP contribution in [-0.2, 0) is 9.53 Å². The Morgan fingerprint density at radius 3 is 2.39 bits per heavy atom. The predicted molar refractivity (Wildman–Crippen MR) is 97.2 cm³/mol. The number of esters is 1. The quantitative estimate of drug-likeness (QED) is 0.556. The first kappa shape index (κ1) is 17.7. The van der Waals surface area contributed by atoms with E-state index in [0.29, 0.717) is 11.3 Å². The Morgan fingerprint density at radius 2 is 1.74 bits per heavy atom. The third-order valence-corrected chi connectivity index (χ3v) is 5.89. The summed E-state index contributed by atoms with van der Waals surface area (Å²) in [6.07, 6.45) is 0. The number of carbonyl (C=O) groups excluding carboxylic acids is 2. The van der Waals surface area contributed by atoms with Crippen molar-refractivity contribution in [2.75, 3.05) is 12.4 Å². The molecule has 0 saturated heterocycles. The van der Waals surface area contributed by atoms with E-state index >= 15 is 0 Å². The number of hydrogen-bond acceptors (Lipinski definition) is 3. The largest absolute Gasteiger partial charge is 0.465 e. The van der Waals surface area contributed by atoms with E-state index in [2.05, 4.69) is 41.9 Å². The summed E-state index contributed by atoms with van der Waals surface area (Å²) in [5.74, 6) is -0.656. The molecular weight excluding hydrogens is 426 g/mol. The molecule has 23 heavy (non-hydrogen) atoms. The maximum absolute atomic E-state index is 12.4. The van der Waals surface area contributed by atoms with Crippen LogP contribution in [0, 0.1) is 0 Å². The van der Waals surface area contributed by atoms with Gasteiger partial charge in [0, 0.05) is 5.69 Å². The summed E-state index contributed by atoms with van der Waals surface area (Å²) in [7, 11) is 1.32. The summed E-state index contributed by atoms with van der Waals surface area (Å²) in [4.78, 5) is 23.3. The van der Waals surface area contributed by atoms with Crippen LogP contribution in [0.2, 0.25) is 0 Å². The number of carbonyl (C=O) groups is 2. The first-order valence-electron chi connectivity index (χ1n) is 6.85. The summed E-state index contributed by atoms with van der Waals surface area (Å²) in [6, 6.07) is 16.3. The van der Waals surface area contributed by atoms with Crippen molar-refractivity contribution in [2.24, 2.45) is 0 Å². The number of benzene rings is 2. The van der Waals surface area contributed by atoms with Crippen molar-refractivity contribution in [3.8, 4) is 0 Å². The van der Waals surface area contributed by atoms with E-state index in [4.69, 9.17) is 0 Å². The van der Waals surface area contributed by atoms with Crippen LogP contribution in [0.5, 0.6) is 0 Å². The van der Waals surface area contributed by atoms with Crippen molar-refractivity contribution in [2.45, 2.75) is 9.65 Å². The molecular formula is C17H15Br2NO3. The summed E-state index contributed by atoms with van der Waals surface area (Å²) in [5.41, 5.74) is 1.91. The van der Waals surface area contributed by atoms with E-state index in [-0.39, 0.29) is 10.7 Å². The van der Waals surface area contributed by atoms with E-state index in [0.717, 1.165) is 5.56 Å². The van der Waals surface area contributed by atoms with Crippen molar-refractivity contribution in [3.63, 3.8) is 0 Å². The zero-order chi connectivity index (χ0) is 16.8. The third kappa shape index (κ3) is 4.65. The molecule has 1 N–H and O–H groups in total. The van der Waals surface area contributed by atoms with Gasteiger partial charge in [-0.05, 0) is 23.8 Å². The van der Waals surface area contributed by atoms with Crippen molar-refractivity contribution in [3.05, 3.63) is 65.7 Å². The van der Waals surface area contributed by atoms with Gasteiger partial charge in [-0.25, -0.2) is 4.79 Å². The van der Waals surface area contributed by atoms with Gasteiger partial charge >= 0.3 is 5.97 Å². The molecule has 2 aromatic rings. The minimum absolute atomic E-state index is 0.174. The van der Waals surface area contributed by atoms with Crippen molar-refractivity contribution in [1.29, 1.82) is 0 Å². The fraction of sp³-hybridized carbons (Fsp3) is 0.176. The molecule has 0 radical (unpaired) electrons. The molecule has 0 bridgehead atoms. The van der Waals surface area contributed by atoms with Gasteiger partial charge in [0.25, 0.3) is 0 Å². The molecule has 0 aliphatic heterocycles. The van der Waals surface area contributed by atoms with Crippen LogP contribution in [0.1, 0.15) is 20.7 Å². The molecule has 6 heteroatoms. The molecule has 0 spiro atoms. The molecule has 0 heterocycles. The van der Waals surface area contributed by atoms with Crippen LogP contribution < -0.4 is 5.32 Å². The van der Waals surface area contributed by atoms with Gasteiger partial charge in [0.2, 0.25) is 5.91 Å². The van der Waals surface area contributed by atoms with Gasteiger partial charge in [-0.1, -0.05) is 68.3 Å². The summed E-state index contributed by atoms with van der Waals surface area (Å²) in [5, 5.41) is 2.79. The molecule has 0 fully saturated rings. The Balaban J connectivity index is 2.08. The van der Waals surface area contributed by atoms with E-state index in [1.807, 2.05) is 30.3 Å². The zero-order valence-electron chi connectivity index (χ0n) is 12.3. The Kier molecular flexibility index (Phi) is 6.36. The number of ether oxygens (including phenoxy) is 1. The second kappa shape index (κ2) is 8.26. The highest BCUT2D eigenvalue weighted by Crippen LogP contribution is 2.31. The molecule has 2 unspecified atom stereocenters. The van der Waals surface area contributed by atoms with Crippen LogP contribution in [0.25, 0.3) is 0 Å². The highest BCUT2D eigenvalue weighted by Gasteiger charge is 2.25. The van der Waals surface area contributed by atoms with Crippen molar-refractivity contribution >= 4 is 49.4 Å². The Morgan fingerprint density at radius 1 is 1.04 bits per heavy atom. The fourth-order valence-electron chi connectivity index (χ4n) is 1.99. The standard InChI is InChI=1S/C17H15Br2NO3/c1-23-17(22)12-8-5-9-13(10-12)20-16(21)15(19)14(18)11-6-3-2-4-7-11/h2-10,14-15H,1H3,(H,20,21). The number of anilines is 1. The molecule has 0 aromatic heterocycles. The number of nitrogens with one attached hydrogen (secondary N) is 1. The minimum atomic E-state index is -0.466. The maximum atomic E-state index is 12.4. The Bertz CT molecular complexity index is 691. The molecule has 2 aromatic carbocycles. The normalized spacial score (nSPS) is 13.0. The Labute approximate surface area is 151 Å². The summed E-state index contributed by atoms with van der Waals surface area (Å²) < 4.78 is 4.67. The van der Waals surface area contributed by atoms with Crippen LogP contribution >= 0.6 is 31.9 Å². The monoisotopic (exact) mass is 439 g/mol. The molecule has 4 nitrogen and oxygen atoms in total.